The highest BCUT2D eigenvalue weighted by Gasteiger charge is 2.01. The first-order chi connectivity index (χ1) is 8.17. The summed E-state index contributed by atoms with van der Waals surface area (Å²) in [6, 6.07) is 7.72. The van der Waals surface area contributed by atoms with Crippen molar-refractivity contribution in [2.75, 3.05) is 18.5 Å². The molecule has 0 radical (unpaired) electrons. The molecule has 0 aromatic heterocycles. The molecule has 2 N–H and O–H groups in total. The van der Waals surface area contributed by atoms with Crippen molar-refractivity contribution in [2.24, 2.45) is 5.92 Å². The maximum Gasteiger partial charge on any atom is 0.100 e. The number of rotatable bonds is 6. The SMILES string of the molecule is CC(CO)CCCNc1ccc(C#N)c(Br)c1. The van der Waals surface area contributed by atoms with Gasteiger partial charge in [0, 0.05) is 23.3 Å². The van der Waals surface area contributed by atoms with Crippen LogP contribution in [-0.4, -0.2) is 18.3 Å². The summed E-state index contributed by atoms with van der Waals surface area (Å²) in [7, 11) is 0. The monoisotopic (exact) mass is 296 g/mol. The third kappa shape index (κ3) is 4.76. The molecule has 0 amide bonds. The maximum absolute atomic E-state index is 8.89. The molecule has 0 heterocycles. The van der Waals surface area contributed by atoms with Gasteiger partial charge in [0.25, 0.3) is 0 Å². The van der Waals surface area contributed by atoms with E-state index in [4.69, 9.17) is 10.4 Å². The minimum Gasteiger partial charge on any atom is -0.396 e. The summed E-state index contributed by atoms with van der Waals surface area (Å²) in [5.41, 5.74) is 1.65. The molecule has 0 fully saturated rings. The molecule has 4 heteroatoms. The van der Waals surface area contributed by atoms with Crippen molar-refractivity contribution in [3.05, 3.63) is 28.2 Å². The number of nitrogens with one attached hydrogen (secondary N) is 1. The Morgan fingerprint density at radius 2 is 2.29 bits per heavy atom. The van der Waals surface area contributed by atoms with Crippen molar-refractivity contribution in [2.45, 2.75) is 19.8 Å². The van der Waals surface area contributed by atoms with Crippen LogP contribution in [0.5, 0.6) is 0 Å². The first kappa shape index (κ1) is 14.0. The number of hydrogen-bond donors (Lipinski definition) is 2. The van der Waals surface area contributed by atoms with Gasteiger partial charge in [-0.25, -0.2) is 0 Å². The Bertz CT molecular complexity index is 401. The second kappa shape index (κ2) is 7.31. The molecule has 0 spiro atoms. The number of hydrogen-bond acceptors (Lipinski definition) is 3. The van der Waals surface area contributed by atoms with Crippen LogP contribution in [0, 0.1) is 17.2 Å². The summed E-state index contributed by atoms with van der Waals surface area (Å²) < 4.78 is 0.814. The number of aliphatic hydroxyl groups is 1. The number of nitriles is 1. The van der Waals surface area contributed by atoms with Gasteiger partial charge in [0.15, 0.2) is 0 Å². The number of anilines is 1. The third-order valence-electron chi connectivity index (χ3n) is 2.60. The van der Waals surface area contributed by atoms with E-state index in [1.165, 1.54) is 0 Å². The quantitative estimate of drug-likeness (QED) is 0.793. The fourth-order valence-electron chi connectivity index (χ4n) is 1.49. The molecule has 1 unspecified atom stereocenters. The molecule has 0 aliphatic heterocycles. The van der Waals surface area contributed by atoms with Crippen molar-refractivity contribution < 1.29 is 5.11 Å². The minimum atomic E-state index is 0.252. The lowest BCUT2D eigenvalue weighted by Gasteiger charge is -2.09. The molecule has 1 aromatic rings. The van der Waals surface area contributed by atoms with Gasteiger partial charge < -0.3 is 10.4 Å². The lowest BCUT2D eigenvalue weighted by atomic mass is 10.1. The zero-order valence-corrected chi connectivity index (χ0v) is 11.5. The van der Waals surface area contributed by atoms with E-state index >= 15 is 0 Å². The standard InChI is InChI=1S/C13H17BrN2O/c1-10(9-17)3-2-6-16-12-5-4-11(8-15)13(14)7-12/h4-5,7,10,16-17H,2-3,6,9H2,1H3. The summed E-state index contributed by atoms with van der Waals surface area (Å²) in [5, 5.41) is 21.0. The minimum absolute atomic E-state index is 0.252. The van der Waals surface area contributed by atoms with Crippen molar-refractivity contribution in [3.63, 3.8) is 0 Å². The highest BCUT2D eigenvalue weighted by atomic mass is 79.9. The van der Waals surface area contributed by atoms with Gasteiger partial charge in [-0.2, -0.15) is 5.26 Å². The Labute approximate surface area is 111 Å². The van der Waals surface area contributed by atoms with Gasteiger partial charge in [-0.3, -0.25) is 0 Å². The van der Waals surface area contributed by atoms with E-state index < -0.39 is 0 Å². The van der Waals surface area contributed by atoms with Crippen LogP contribution in [0.1, 0.15) is 25.3 Å². The van der Waals surface area contributed by atoms with Gasteiger partial charge in [-0.1, -0.05) is 6.92 Å². The van der Waals surface area contributed by atoms with E-state index in [1.807, 2.05) is 19.1 Å². The maximum atomic E-state index is 8.89. The molecule has 0 saturated heterocycles. The average molecular weight is 297 g/mol. The normalized spacial score (nSPS) is 11.9. The number of aliphatic hydroxyl groups excluding tert-OH is 1. The molecule has 0 aliphatic rings. The summed E-state index contributed by atoms with van der Waals surface area (Å²) in [4.78, 5) is 0. The van der Waals surface area contributed by atoms with Crippen LogP contribution in [0.2, 0.25) is 0 Å². The van der Waals surface area contributed by atoms with Crippen molar-refractivity contribution >= 4 is 21.6 Å². The second-order valence-corrected chi connectivity index (χ2v) is 5.02. The van der Waals surface area contributed by atoms with E-state index in [9.17, 15) is 0 Å². The number of benzene rings is 1. The fourth-order valence-corrected chi connectivity index (χ4v) is 1.96. The number of nitrogens with zero attached hydrogens (tertiary/aromatic N) is 1. The molecule has 1 atom stereocenters. The molecule has 0 aliphatic carbocycles. The van der Waals surface area contributed by atoms with Crippen molar-refractivity contribution in [1.82, 2.24) is 0 Å². The van der Waals surface area contributed by atoms with Crippen LogP contribution in [0.25, 0.3) is 0 Å². The van der Waals surface area contributed by atoms with Gasteiger partial charge in [0.2, 0.25) is 0 Å². The number of halogens is 1. The summed E-state index contributed by atoms with van der Waals surface area (Å²) in [5.74, 6) is 0.365. The topological polar surface area (TPSA) is 56.0 Å². The molecule has 0 bridgehead atoms. The Morgan fingerprint density at radius 1 is 1.53 bits per heavy atom. The van der Waals surface area contributed by atoms with Gasteiger partial charge >= 0.3 is 0 Å². The van der Waals surface area contributed by atoms with E-state index in [2.05, 4.69) is 27.3 Å². The highest BCUT2D eigenvalue weighted by molar-refractivity contribution is 9.10. The predicted octanol–water partition coefficient (Wildman–Crippen LogP) is 3.14. The Hall–Kier alpha value is -1.05. The molecule has 0 saturated carbocycles. The molecule has 1 rings (SSSR count). The predicted molar refractivity (Wildman–Crippen MR) is 72.8 cm³/mol. The Kier molecular flexibility index (Phi) is 6.03. The van der Waals surface area contributed by atoms with Gasteiger partial charge in [0.05, 0.1) is 5.56 Å². The summed E-state index contributed by atoms with van der Waals surface area (Å²) in [6.07, 6.45) is 2.04. The van der Waals surface area contributed by atoms with Crippen LogP contribution in [0.4, 0.5) is 5.69 Å². The largest absolute Gasteiger partial charge is 0.396 e. The average Bonchev–Trinajstić information content (AvgIpc) is 2.34. The first-order valence-electron chi connectivity index (χ1n) is 5.71. The molecule has 3 nitrogen and oxygen atoms in total. The second-order valence-electron chi connectivity index (χ2n) is 4.16. The zero-order valence-electron chi connectivity index (χ0n) is 9.91. The summed E-state index contributed by atoms with van der Waals surface area (Å²) in [6.45, 7) is 3.17. The lowest BCUT2D eigenvalue weighted by Crippen LogP contribution is -2.06. The van der Waals surface area contributed by atoms with Gasteiger partial charge in [-0.15, -0.1) is 0 Å². The van der Waals surface area contributed by atoms with Crippen LogP contribution in [0.3, 0.4) is 0 Å². The Balaban J connectivity index is 2.38. The smallest absolute Gasteiger partial charge is 0.100 e. The van der Waals surface area contributed by atoms with E-state index in [-0.39, 0.29) is 6.61 Å². The highest BCUT2D eigenvalue weighted by Crippen LogP contribution is 2.20. The van der Waals surface area contributed by atoms with Crippen LogP contribution in [-0.2, 0) is 0 Å². The van der Waals surface area contributed by atoms with Crippen LogP contribution < -0.4 is 5.32 Å². The van der Waals surface area contributed by atoms with Gasteiger partial charge in [-0.05, 0) is 52.9 Å². The Morgan fingerprint density at radius 3 is 2.88 bits per heavy atom. The molecular weight excluding hydrogens is 280 g/mol. The molecule has 92 valence electrons. The van der Waals surface area contributed by atoms with Crippen molar-refractivity contribution in [1.29, 1.82) is 5.26 Å². The zero-order chi connectivity index (χ0) is 12.7. The lowest BCUT2D eigenvalue weighted by molar-refractivity contribution is 0.229. The molecule has 1 aromatic carbocycles. The van der Waals surface area contributed by atoms with Crippen LogP contribution in [0.15, 0.2) is 22.7 Å². The van der Waals surface area contributed by atoms with Gasteiger partial charge in [0.1, 0.15) is 6.07 Å². The van der Waals surface area contributed by atoms with E-state index in [1.54, 1.807) is 6.07 Å². The fraction of sp³-hybridized carbons (Fsp3) is 0.462. The van der Waals surface area contributed by atoms with E-state index in [0.717, 1.165) is 29.5 Å². The third-order valence-corrected chi connectivity index (χ3v) is 3.26. The molecular formula is C13H17BrN2O. The van der Waals surface area contributed by atoms with E-state index in [0.29, 0.717) is 11.5 Å². The van der Waals surface area contributed by atoms with Crippen molar-refractivity contribution in [3.8, 4) is 6.07 Å². The van der Waals surface area contributed by atoms with Crippen LogP contribution >= 0.6 is 15.9 Å². The summed E-state index contributed by atoms with van der Waals surface area (Å²) >= 11 is 3.36. The molecule has 17 heavy (non-hydrogen) atoms. The first-order valence-corrected chi connectivity index (χ1v) is 6.51.